The number of halogens is 2. The standard InChI is InChI=1S/C19H14Cl2N2O2/c20-15-4-2-1-3-14(15)19(7-8-19)10-17(24)18(25)23-13-6-5-12(11-22)16(21)9-13/h1-6,9H,7-8,10H2,(H,23,25). The molecular formula is C19H14Cl2N2O2. The normalized spacial score (nSPS) is 14.4. The van der Waals surface area contributed by atoms with Crippen LogP contribution in [0, 0.1) is 11.3 Å². The summed E-state index contributed by atoms with van der Waals surface area (Å²) in [6.07, 6.45) is 1.78. The lowest BCUT2D eigenvalue weighted by molar-refractivity contribution is -0.135. The summed E-state index contributed by atoms with van der Waals surface area (Å²) < 4.78 is 0. The third-order valence-corrected chi connectivity index (χ3v) is 5.04. The Morgan fingerprint density at radius 1 is 1.12 bits per heavy atom. The molecule has 126 valence electrons. The predicted molar refractivity (Wildman–Crippen MR) is 96.8 cm³/mol. The maximum absolute atomic E-state index is 12.4. The van der Waals surface area contributed by atoms with Crippen molar-refractivity contribution in [3.63, 3.8) is 0 Å². The fraction of sp³-hybridized carbons (Fsp3) is 0.211. The van der Waals surface area contributed by atoms with Crippen molar-refractivity contribution in [2.24, 2.45) is 0 Å². The smallest absolute Gasteiger partial charge is 0.291 e. The fourth-order valence-corrected chi connectivity index (χ4v) is 3.41. The zero-order valence-corrected chi connectivity index (χ0v) is 14.7. The Labute approximate surface area is 155 Å². The van der Waals surface area contributed by atoms with E-state index in [2.05, 4.69) is 5.32 Å². The summed E-state index contributed by atoms with van der Waals surface area (Å²) in [7, 11) is 0. The second kappa shape index (κ2) is 6.87. The molecule has 2 aromatic carbocycles. The number of Topliss-reactive ketones (excluding diaryl/α,β-unsaturated/α-hetero) is 1. The fourth-order valence-electron chi connectivity index (χ4n) is 2.86. The van der Waals surface area contributed by atoms with Crippen LogP contribution in [0.3, 0.4) is 0 Å². The Kier molecular flexibility index (Phi) is 4.80. The topological polar surface area (TPSA) is 70.0 Å². The Bertz CT molecular complexity index is 899. The Morgan fingerprint density at radius 3 is 2.44 bits per heavy atom. The molecule has 1 fully saturated rings. The van der Waals surface area contributed by atoms with E-state index in [0.717, 1.165) is 18.4 Å². The molecule has 25 heavy (non-hydrogen) atoms. The molecule has 4 nitrogen and oxygen atoms in total. The summed E-state index contributed by atoms with van der Waals surface area (Å²) in [5, 5.41) is 12.2. The Hall–Kier alpha value is -2.35. The van der Waals surface area contributed by atoms with E-state index in [1.807, 2.05) is 24.3 Å². The molecule has 6 heteroatoms. The molecular weight excluding hydrogens is 359 g/mol. The summed E-state index contributed by atoms with van der Waals surface area (Å²) in [4.78, 5) is 24.6. The van der Waals surface area contributed by atoms with Gasteiger partial charge in [0.1, 0.15) is 6.07 Å². The molecule has 1 aliphatic carbocycles. The number of rotatable bonds is 5. The second-order valence-electron chi connectivity index (χ2n) is 6.12. The highest BCUT2D eigenvalue weighted by Crippen LogP contribution is 2.53. The number of nitrogens with one attached hydrogen (secondary N) is 1. The van der Waals surface area contributed by atoms with Gasteiger partial charge in [0.2, 0.25) is 5.78 Å². The SMILES string of the molecule is N#Cc1ccc(NC(=O)C(=O)CC2(c3ccccc3Cl)CC2)cc1Cl. The van der Waals surface area contributed by atoms with E-state index < -0.39 is 11.7 Å². The van der Waals surface area contributed by atoms with Gasteiger partial charge in [0.05, 0.1) is 10.6 Å². The van der Waals surface area contributed by atoms with Gasteiger partial charge in [0.25, 0.3) is 5.91 Å². The van der Waals surface area contributed by atoms with E-state index in [0.29, 0.717) is 16.3 Å². The zero-order valence-electron chi connectivity index (χ0n) is 13.2. The lowest BCUT2D eigenvalue weighted by atomic mass is 9.90. The van der Waals surface area contributed by atoms with Crippen molar-refractivity contribution < 1.29 is 9.59 Å². The lowest BCUT2D eigenvalue weighted by Crippen LogP contribution is -2.27. The van der Waals surface area contributed by atoms with Crippen molar-refractivity contribution in [3.8, 4) is 6.07 Å². The first kappa shape index (κ1) is 17.5. The van der Waals surface area contributed by atoms with E-state index in [-0.39, 0.29) is 16.9 Å². The van der Waals surface area contributed by atoms with Crippen molar-refractivity contribution >= 4 is 40.6 Å². The molecule has 0 aliphatic heterocycles. The number of carbonyl (C=O) groups excluding carboxylic acids is 2. The third kappa shape index (κ3) is 3.68. The van der Waals surface area contributed by atoms with Crippen LogP contribution in [0.25, 0.3) is 0 Å². The maximum atomic E-state index is 12.4. The van der Waals surface area contributed by atoms with Crippen LogP contribution < -0.4 is 5.32 Å². The van der Waals surface area contributed by atoms with Crippen molar-refractivity contribution in [2.45, 2.75) is 24.7 Å². The number of ketones is 1. The molecule has 1 aliphatic rings. The highest BCUT2D eigenvalue weighted by molar-refractivity contribution is 6.41. The monoisotopic (exact) mass is 372 g/mol. The van der Waals surface area contributed by atoms with E-state index in [4.69, 9.17) is 28.5 Å². The molecule has 3 rings (SSSR count). The van der Waals surface area contributed by atoms with E-state index in [1.165, 1.54) is 18.2 Å². The van der Waals surface area contributed by atoms with E-state index >= 15 is 0 Å². The van der Waals surface area contributed by atoms with Crippen molar-refractivity contribution in [1.82, 2.24) is 0 Å². The van der Waals surface area contributed by atoms with E-state index in [9.17, 15) is 9.59 Å². The number of nitrogens with zero attached hydrogens (tertiary/aromatic N) is 1. The number of hydrogen-bond acceptors (Lipinski definition) is 3. The zero-order chi connectivity index (χ0) is 18.0. The average molecular weight is 373 g/mol. The van der Waals surface area contributed by atoms with Gasteiger partial charge in [0.15, 0.2) is 0 Å². The predicted octanol–water partition coefficient (Wildman–Crippen LogP) is 4.49. The summed E-state index contributed by atoms with van der Waals surface area (Å²) in [6.45, 7) is 0. The van der Waals surface area contributed by atoms with Gasteiger partial charge in [-0.3, -0.25) is 9.59 Å². The maximum Gasteiger partial charge on any atom is 0.291 e. The van der Waals surface area contributed by atoms with Gasteiger partial charge < -0.3 is 5.32 Å². The number of carbonyl (C=O) groups is 2. The van der Waals surface area contributed by atoms with Crippen LogP contribution in [-0.4, -0.2) is 11.7 Å². The molecule has 0 spiro atoms. The summed E-state index contributed by atoms with van der Waals surface area (Å²) in [6, 6.07) is 13.8. The van der Waals surface area contributed by atoms with Gasteiger partial charge in [-0.05, 0) is 42.7 Å². The number of benzene rings is 2. The van der Waals surface area contributed by atoms with Crippen LogP contribution in [0.4, 0.5) is 5.69 Å². The van der Waals surface area contributed by atoms with Gasteiger partial charge in [-0.1, -0.05) is 41.4 Å². The number of amides is 1. The molecule has 0 saturated heterocycles. The van der Waals surface area contributed by atoms with Crippen LogP contribution in [-0.2, 0) is 15.0 Å². The molecule has 0 atom stereocenters. The molecule has 0 bridgehead atoms. The molecule has 0 aromatic heterocycles. The van der Waals surface area contributed by atoms with Crippen LogP contribution in [0.5, 0.6) is 0 Å². The summed E-state index contributed by atoms with van der Waals surface area (Å²) in [5.74, 6) is -1.20. The van der Waals surface area contributed by atoms with E-state index in [1.54, 1.807) is 6.07 Å². The van der Waals surface area contributed by atoms with Crippen molar-refractivity contribution in [2.75, 3.05) is 5.32 Å². The number of hydrogen-bond donors (Lipinski definition) is 1. The van der Waals surface area contributed by atoms with Crippen molar-refractivity contribution in [1.29, 1.82) is 5.26 Å². The van der Waals surface area contributed by atoms with Crippen LogP contribution in [0.2, 0.25) is 10.0 Å². The highest BCUT2D eigenvalue weighted by atomic mass is 35.5. The first-order valence-electron chi connectivity index (χ1n) is 7.74. The van der Waals surface area contributed by atoms with Crippen molar-refractivity contribution in [3.05, 3.63) is 63.6 Å². The first-order chi connectivity index (χ1) is 11.9. The average Bonchev–Trinajstić information content (AvgIpc) is 3.35. The van der Waals surface area contributed by atoms with Gasteiger partial charge in [-0.2, -0.15) is 5.26 Å². The molecule has 0 unspecified atom stereocenters. The number of anilines is 1. The largest absolute Gasteiger partial charge is 0.319 e. The van der Waals surface area contributed by atoms with Gasteiger partial charge in [-0.25, -0.2) is 0 Å². The molecule has 2 aromatic rings. The first-order valence-corrected chi connectivity index (χ1v) is 8.50. The van der Waals surface area contributed by atoms with Gasteiger partial charge in [-0.15, -0.1) is 0 Å². The minimum Gasteiger partial charge on any atom is -0.319 e. The lowest BCUT2D eigenvalue weighted by Gasteiger charge is -2.16. The molecule has 1 saturated carbocycles. The second-order valence-corrected chi connectivity index (χ2v) is 6.94. The van der Waals surface area contributed by atoms with Gasteiger partial charge in [0, 0.05) is 22.5 Å². The van der Waals surface area contributed by atoms with Crippen LogP contribution in [0.15, 0.2) is 42.5 Å². The molecule has 0 heterocycles. The Morgan fingerprint density at radius 2 is 1.84 bits per heavy atom. The van der Waals surface area contributed by atoms with Gasteiger partial charge >= 0.3 is 0 Å². The van der Waals surface area contributed by atoms with Crippen LogP contribution in [0.1, 0.15) is 30.4 Å². The highest BCUT2D eigenvalue weighted by Gasteiger charge is 2.47. The summed E-state index contributed by atoms with van der Waals surface area (Å²) >= 11 is 12.2. The third-order valence-electron chi connectivity index (χ3n) is 4.40. The Balaban J connectivity index is 1.70. The molecule has 1 N–H and O–H groups in total. The quantitative estimate of drug-likeness (QED) is 0.785. The minimum absolute atomic E-state index is 0.118. The van der Waals surface area contributed by atoms with Crippen LogP contribution >= 0.6 is 23.2 Å². The molecule has 1 amide bonds. The minimum atomic E-state index is -0.695. The number of nitriles is 1. The molecule has 0 radical (unpaired) electrons. The summed E-state index contributed by atoms with van der Waals surface area (Å²) in [5.41, 5.74) is 1.26.